The minimum absolute atomic E-state index is 0.104. The Morgan fingerprint density at radius 3 is 2.71 bits per heavy atom. The van der Waals surface area contributed by atoms with Gasteiger partial charge in [0.25, 0.3) is 0 Å². The number of aliphatic hydroxyl groups excluding tert-OH is 1. The van der Waals surface area contributed by atoms with Gasteiger partial charge in [-0.15, -0.1) is 0 Å². The van der Waals surface area contributed by atoms with Crippen LogP contribution in [0.1, 0.15) is 53.7 Å². The summed E-state index contributed by atoms with van der Waals surface area (Å²) >= 11 is 6.63. The first kappa shape index (κ1) is 32.4. The van der Waals surface area contributed by atoms with E-state index >= 15 is 0 Å². The number of nitrogens with zero attached hydrogens (tertiary/aromatic N) is 3. The summed E-state index contributed by atoms with van der Waals surface area (Å²) in [6.07, 6.45) is 11.3. The summed E-state index contributed by atoms with van der Waals surface area (Å²) in [5, 5.41) is 19.4. The highest BCUT2D eigenvalue weighted by Crippen LogP contribution is 2.49. The number of pyridine rings is 1. The lowest BCUT2D eigenvalue weighted by atomic mass is 9.65. The quantitative estimate of drug-likeness (QED) is 0.175. The van der Waals surface area contributed by atoms with Crippen molar-refractivity contribution in [3.05, 3.63) is 106 Å². The first-order chi connectivity index (χ1) is 21.7. The Bertz CT molecular complexity index is 1600. The summed E-state index contributed by atoms with van der Waals surface area (Å²) in [5.41, 5.74) is 2.26. The van der Waals surface area contributed by atoms with Gasteiger partial charge < -0.3 is 24.2 Å². The number of benzene rings is 2. The molecule has 234 valence electrons. The molecule has 0 bridgehead atoms. The summed E-state index contributed by atoms with van der Waals surface area (Å²) in [5.74, 6) is 0.660. The second-order valence-electron chi connectivity index (χ2n) is 12.0. The monoisotopic (exact) mass is 627 g/mol. The van der Waals surface area contributed by atoms with Crippen LogP contribution in [-0.2, 0) is 11.3 Å². The van der Waals surface area contributed by atoms with Gasteiger partial charge in [-0.25, -0.2) is 0 Å². The summed E-state index contributed by atoms with van der Waals surface area (Å²) in [6, 6.07) is 17.1. The van der Waals surface area contributed by atoms with Gasteiger partial charge in [-0.3, -0.25) is 9.78 Å². The number of hydrogen-bond acceptors (Lipinski definition) is 8. The highest BCUT2D eigenvalue weighted by atomic mass is 35.5. The fraction of sp³-hybridized carbons (Fsp3) is 0.361. The first-order valence-electron chi connectivity index (χ1n) is 15.1. The molecule has 5 rings (SSSR count). The maximum absolute atomic E-state index is 11.9. The van der Waals surface area contributed by atoms with E-state index in [0.29, 0.717) is 42.1 Å². The van der Waals surface area contributed by atoms with Gasteiger partial charge in [0.15, 0.2) is 6.29 Å². The minimum atomic E-state index is -0.853. The van der Waals surface area contributed by atoms with Crippen LogP contribution in [0.4, 0.5) is 0 Å². The molecular formula is C36H38ClN3O5. The molecule has 0 saturated carbocycles. The van der Waals surface area contributed by atoms with Crippen LogP contribution in [0.2, 0.25) is 5.02 Å². The predicted octanol–water partition coefficient (Wildman–Crippen LogP) is 6.27. The van der Waals surface area contributed by atoms with Crippen molar-refractivity contribution in [2.24, 2.45) is 5.41 Å². The van der Waals surface area contributed by atoms with Gasteiger partial charge in [0.2, 0.25) is 0 Å². The lowest BCUT2D eigenvalue weighted by molar-refractivity contribution is -0.0926. The van der Waals surface area contributed by atoms with E-state index in [9.17, 15) is 15.2 Å². The molecule has 1 unspecified atom stereocenters. The van der Waals surface area contributed by atoms with Crippen LogP contribution in [-0.4, -0.2) is 65.8 Å². The van der Waals surface area contributed by atoms with Crippen molar-refractivity contribution in [3.8, 4) is 17.6 Å². The Morgan fingerprint density at radius 1 is 1.16 bits per heavy atom. The van der Waals surface area contributed by atoms with E-state index in [0.717, 1.165) is 37.1 Å². The normalized spacial score (nSPS) is 20.8. The Labute approximate surface area is 269 Å². The zero-order valence-electron chi connectivity index (χ0n) is 25.6. The second kappa shape index (κ2) is 14.4. The zero-order chi connectivity index (χ0) is 31.9. The van der Waals surface area contributed by atoms with Gasteiger partial charge >= 0.3 is 0 Å². The van der Waals surface area contributed by atoms with E-state index in [2.05, 4.69) is 54.1 Å². The highest BCUT2D eigenvalue weighted by molar-refractivity contribution is 6.32. The average molecular weight is 628 g/mol. The number of rotatable bonds is 13. The summed E-state index contributed by atoms with van der Waals surface area (Å²) in [6.45, 7) is 7.49. The van der Waals surface area contributed by atoms with E-state index in [1.807, 2.05) is 24.3 Å². The molecule has 2 atom stereocenters. The van der Waals surface area contributed by atoms with E-state index in [4.69, 9.17) is 25.8 Å². The van der Waals surface area contributed by atoms with Crippen LogP contribution < -0.4 is 9.47 Å². The number of likely N-dealkylation sites (tertiary alicyclic amines) is 1. The van der Waals surface area contributed by atoms with Crippen LogP contribution >= 0.6 is 11.6 Å². The number of halogens is 1. The van der Waals surface area contributed by atoms with Crippen molar-refractivity contribution >= 4 is 23.5 Å². The molecule has 3 aromatic rings. The Balaban J connectivity index is 1.37. The molecule has 2 aromatic carbocycles. The Kier molecular flexibility index (Phi) is 10.4. The molecule has 0 amide bonds. The first-order valence-corrected chi connectivity index (χ1v) is 15.5. The van der Waals surface area contributed by atoms with Crippen LogP contribution in [0.15, 0.2) is 79.2 Å². The fourth-order valence-corrected chi connectivity index (χ4v) is 6.15. The molecular weight excluding hydrogens is 590 g/mol. The van der Waals surface area contributed by atoms with Crippen LogP contribution in [0, 0.1) is 16.7 Å². The predicted molar refractivity (Wildman–Crippen MR) is 173 cm³/mol. The van der Waals surface area contributed by atoms with Gasteiger partial charge in [0.1, 0.15) is 36.4 Å². The SMILES string of the molecule is CC1(C)C(c2ccccc2)=CC=C[C@@]1(COc1cc(OCc2cncc(C#N)c2)c(C=O)cc1Cl)OCCCN1CCC(O)C1. The van der Waals surface area contributed by atoms with Crippen molar-refractivity contribution in [2.75, 3.05) is 32.8 Å². The number of aromatic nitrogens is 1. The summed E-state index contributed by atoms with van der Waals surface area (Å²) < 4.78 is 19.2. The lowest BCUT2D eigenvalue weighted by Crippen LogP contribution is -2.52. The fourth-order valence-electron chi connectivity index (χ4n) is 5.93. The zero-order valence-corrected chi connectivity index (χ0v) is 26.4. The molecule has 45 heavy (non-hydrogen) atoms. The van der Waals surface area contributed by atoms with Crippen molar-refractivity contribution in [1.29, 1.82) is 5.26 Å². The highest BCUT2D eigenvalue weighted by Gasteiger charge is 2.49. The number of nitriles is 1. The van der Waals surface area contributed by atoms with Crippen LogP contribution in [0.25, 0.3) is 5.57 Å². The molecule has 0 radical (unpaired) electrons. The number of allylic oxidation sites excluding steroid dienone is 2. The number of β-amino-alcohol motifs (C(OH)–C–C–N with tert-alkyl or cyclic N) is 1. The van der Waals surface area contributed by atoms with Crippen molar-refractivity contribution in [2.45, 2.75) is 45.0 Å². The van der Waals surface area contributed by atoms with Crippen LogP contribution in [0.3, 0.4) is 0 Å². The van der Waals surface area contributed by atoms with E-state index in [1.165, 1.54) is 12.3 Å². The minimum Gasteiger partial charge on any atom is -0.488 e. The maximum Gasteiger partial charge on any atom is 0.153 e. The molecule has 9 heteroatoms. The molecule has 1 fully saturated rings. The molecule has 1 aromatic heterocycles. The Morgan fingerprint density at radius 2 is 1.98 bits per heavy atom. The van der Waals surface area contributed by atoms with E-state index in [1.54, 1.807) is 18.3 Å². The van der Waals surface area contributed by atoms with Gasteiger partial charge in [0.05, 0.1) is 22.3 Å². The van der Waals surface area contributed by atoms with E-state index in [-0.39, 0.29) is 29.9 Å². The molecule has 1 aliphatic heterocycles. The maximum atomic E-state index is 11.9. The van der Waals surface area contributed by atoms with E-state index < -0.39 is 11.0 Å². The molecule has 1 N–H and O–H groups in total. The standard InChI is InChI=1S/C36H38ClN3O5/c1-35(2)31(28-8-4-3-5-9-28)10-6-12-36(35,45-15-7-13-40-14-11-30(42)22-40)25-44-34-18-33(29(23-41)17-32(34)37)43-24-27-16-26(19-38)20-39-21-27/h3-6,8-10,12,16-18,20-21,23,30,42H,7,11,13-15,22,24-25H2,1-2H3/t30?,36-/m0/s1. The average Bonchev–Trinajstić information content (AvgIpc) is 3.47. The number of ether oxygens (including phenoxy) is 3. The summed E-state index contributed by atoms with van der Waals surface area (Å²) in [4.78, 5) is 18.2. The molecule has 1 aliphatic carbocycles. The van der Waals surface area contributed by atoms with Crippen molar-refractivity contribution in [3.63, 3.8) is 0 Å². The van der Waals surface area contributed by atoms with Crippen molar-refractivity contribution < 1.29 is 24.1 Å². The molecule has 0 spiro atoms. The Hall–Kier alpha value is -4.00. The molecule has 2 aliphatic rings. The smallest absolute Gasteiger partial charge is 0.153 e. The van der Waals surface area contributed by atoms with Gasteiger partial charge in [-0.1, -0.05) is 67.9 Å². The largest absolute Gasteiger partial charge is 0.488 e. The van der Waals surface area contributed by atoms with Gasteiger partial charge in [0, 0.05) is 55.7 Å². The third-order valence-electron chi connectivity index (χ3n) is 8.62. The lowest BCUT2D eigenvalue weighted by Gasteiger charge is -2.47. The molecule has 2 heterocycles. The van der Waals surface area contributed by atoms with Gasteiger partial charge in [-0.05, 0) is 42.2 Å². The molecule has 1 saturated heterocycles. The third kappa shape index (κ3) is 7.46. The third-order valence-corrected chi connectivity index (χ3v) is 8.92. The molecule has 8 nitrogen and oxygen atoms in total. The second-order valence-corrected chi connectivity index (χ2v) is 12.4. The number of carbonyl (C=O) groups excluding carboxylic acids is 1. The number of aldehydes is 1. The number of carbonyl (C=O) groups is 1. The van der Waals surface area contributed by atoms with Crippen molar-refractivity contribution in [1.82, 2.24) is 9.88 Å². The number of hydrogen-bond donors (Lipinski definition) is 1. The number of aliphatic hydroxyl groups is 1. The van der Waals surface area contributed by atoms with Crippen LogP contribution in [0.5, 0.6) is 11.5 Å². The topological polar surface area (TPSA) is 105 Å². The van der Waals surface area contributed by atoms with Gasteiger partial charge in [-0.2, -0.15) is 5.26 Å². The summed E-state index contributed by atoms with van der Waals surface area (Å²) in [7, 11) is 0.